The van der Waals surface area contributed by atoms with Crippen molar-refractivity contribution in [1.82, 2.24) is 14.7 Å². The molecule has 0 aliphatic rings. The molecule has 7 nitrogen and oxygen atoms in total. The summed E-state index contributed by atoms with van der Waals surface area (Å²) in [5, 5.41) is 15.7. The molecule has 26 heavy (non-hydrogen) atoms. The molecular weight excluding hydrogens is 339 g/mol. The fourth-order valence-electron chi connectivity index (χ4n) is 2.38. The summed E-state index contributed by atoms with van der Waals surface area (Å²) in [4.78, 5) is 25.6. The lowest BCUT2D eigenvalue weighted by Gasteiger charge is -2.15. The topological polar surface area (TPSA) is 87.5 Å². The van der Waals surface area contributed by atoms with E-state index >= 15 is 0 Å². The van der Waals surface area contributed by atoms with E-state index < -0.39 is 0 Å². The maximum atomic E-state index is 12.9. The number of hydrogen-bond donors (Lipinski definition) is 2. The van der Waals surface area contributed by atoms with Crippen molar-refractivity contribution >= 4 is 17.5 Å². The minimum atomic E-state index is -0.308. The number of carbonyl (C=O) groups is 2. The molecule has 0 saturated carbocycles. The number of aromatic nitrogens is 2. The normalized spacial score (nSPS) is 11.8. The number of likely N-dealkylation sites (N-methyl/N-ethyl adjacent to an activating group) is 1. The molecule has 2 rings (SSSR count). The summed E-state index contributed by atoms with van der Waals surface area (Å²) in [6.07, 6.45) is 3.54. The third-order valence-corrected chi connectivity index (χ3v) is 3.96. The predicted octanol–water partition coefficient (Wildman–Crippen LogP) is 1.29. The van der Waals surface area contributed by atoms with E-state index in [1.165, 1.54) is 27.9 Å². The number of hydrogen-bond acceptors (Lipinski definition) is 4. The number of nitrogens with zero attached hydrogens (tertiary/aromatic N) is 3. The van der Waals surface area contributed by atoms with Crippen molar-refractivity contribution in [3.05, 3.63) is 48.0 Å². The van der Waals surface area contributed by atoms with Crippen LogP contribution in [0.2, 0.25) is 0 Å². The molecular formula is C18H23FN4O3. The first-order valence-corrected chi connectivity index (χ1v) is 8.31. The molecule has 1 aromatic heterocycles. The van der Waals surface area contributed by atoms with Gasteiger partial charge in [-0.05, 0) is 24.1 Å². The van der Waals surface area contributed by atoms with E-state index in [2.05, 4.69) is 10.4 Å². The zero-order valence-electron chi connectivity index (χ0n) is 14.9. The summed E-state index contributed by atoms with van der Waals surface area (Å²) >= 11 is 0. The summed E-state index contributed by atoms with van der Waals surface area (Å²) in [5.41, 5.74) is 1.38. The van der Waals surface area contributed by atoms with Gasteiger partial charge in [0.1, 0.15) is 12.4 Å². The zero-order chi connectivity index (χ0) is 19.1. The highest BCUT2D eigenvalue weighted by atomic mass is 19.1. The van der Waals surface area contributed by atoms with Gasteiger partial charge >= 0.3 is 0 Å². The molecule has 0 fully saturated rings. The minimum Gasteiger partial charge on any atom is -0.395 e. The Balaban J connectivity index is 1.88. The van der Waals surface area contributed by atoms with Crippen LogP contribution in [-0.2, 0) is 22.6 Å². The number of aliphatic hydroxyl groups excluding tert-OH is 1. The van der Waals surface area contributed by atoms with Gasteiger partial charge in [0.2, 0.25) is 11.8 Å². The molecule has 0 aliphatic heterocycles. The number of halogens is 1. The van der Waals surface area contributed by atoms with Gasteiger partial charge in [-0.3, -0.25) is 14.3 Å². The van der Waals surface area contributed by atoms with Gasteiger partial charge < -0.3 is 15.3 Å². The lowest BCUT2D eigenvalue weighted by Crippen LogP contribution is -2.32. The first-order chi connectivity index (χ1) is 12.4. The second-order valence-corrected chi connectivity index (χ2v) is 6.19. The van der Waals surface area contributed by atoms with Crippen molar-refractivity contribution in [1.29, 1.82) is 0 Å². The zero-order valence-corrected chi connectivity index (χ0v) is 14.9. The predicted molar refractivity (Wildman–Crippen MR) is 94.8 cm³/mol. The molecule has 0 saturated heterocycles. The van der Waals surface area contributed by atoms with E-state index in [1.807, 2.05) is 0 Å². The van der Waals surface area contributed by atoms with E-state index in [4.69, 9.17) is 5.11 Å². The quantitative estimate of drug-likeness (QED) is 0.741. The highest BCUT2D eigenvalue weighted by molar-refractivity contribution is 5.92. The van der Waals surface area contributed by atoms with Crippen LogP contribution in [0.1, 0.15) is 12.5 Å². The fourth-order valence-corrected chi connectivity index (χ4v) is 2.38. The molecule has 8 heteroatoms. The molecule has 1 atom stereocenters. The van der Waals surface area contributed by atoms with Crippen molar-refractivity contribution in [3.63, 3.8) is 0 Å². The van der Waals surface area contributed by atoms with Gasteiger partial charge in [-0.1, -0.05) is 19.1 Å². The lowest BCUT2D eigenvalue weighted by atomic mass is 10.0. The molecule has 140 valence electrons. The number of nitrogens with one attached hydrogen (secondary N) is 1. The summed E-state index contributed by atoms with van der Waals surface area (Å²) in [6.45, 7) is 1.97. The van der Waals surface area contributed by atoms with E-state index in [0.29, 0.717) is 12.1 Å². The Bertz CT molecular complexity index is 745. The van der Waals surface area contributed by atoms with Crippen molar-refractivity contribution in [3.8, 4) is 0 Å². The molecule has 2 N–H and O–H groups in total. The molecule has 0 aliphatic carbocycles. The number of rotatable bonds is 8. The van der Waals surface area contributed by atoms with Gasteiger partial charge in [-0.15, -0.1) is 0 Å². The second kappa shape index (κ2) is 9.10. The summed E-state index contributed by atoms with van der Waals surface area (Å²) in [5.74, 6) is -0.985. The van der Waals surface area contributed by atoms with Crippen molar-refractivity contribution in [2.24, 2.45) is 5.92 Å². The third kappa shape index (κ3) is 5.66. The second-order valence-electron chi connectivity index (χ2n) is 6.19. The molecule has 1 aromatic carbocycles. The average molecular weight is 362 g/mol. The van der Waals surface area contributed by atoms with Crippen LogP contribution in [0.25, 0.3) is 0 Å². The van der Waals surface area contributed by atoms with Gasteiger partial charge in [0.25, 0.3) is 0 Å². The molecule has 1 unspecified atom stereocenters. The number of benzene rings is 1. The number of amides is 2. The largest absolute Gasteiger partial charge is 0.395 e. The van der Waals surface area contributed by atoms with Crippen LogP contribution in [0, 0.1) is 11.7 Å². The highest BCUT2D eigenvalue weighted by Gasteiger charge is 2.15. The fraction of sp³-hybridized carbons (Fsp3) is 0.389. The van der Waals surface area contributed by atoms with E-state index in [9.17, 15) is 14.0 Å². The Morgan fingerprint density at radius 1 is 1.35 bits per heavy atom. The number of carbonyl (C=O) groups excluding carboxylic acids is 2. The standard InChI is InChI=1S/C18H23FN4O3/c1-13(9-14-3-5-15(19)6-4-14)18(26)21-16-10-20-23(11-16)12-17(25)22(2)7-8-24/h3-6,10-11,13,24H,7-9,12H2,1-2H3,(H,21,26). The Morgan fingerprint density at radius 3 is 2.69 bits per heavy atom. The van der Waals surface area contributed by atoms with Gasteiger partial charge in [-0.2, -0.15) is 5.10 Å². The lowest BCUT2D eigenvalue weighted by molar-refractivity contribution is -0.131. The summed E-state index contributed by atoms with van der Waals surface area (Å²) in [7, 11) is 1.60. The highest BCUT2D eigenvalue weighted by Crippen LogP contribution is 2.13. The van der Waals surface area contributed by atoms with Crippen LogP contribution in [0.3, 0.4) is 0 Å². The van der Waals surface area contributed by atoms with E-state index in [1.54, 1.807) is 32.3 Å². The van der Waals surface area contributed by atoms with Gasteiger partial charge in [-0.25, -0.2) is 4.39 Å². The van der Waals surface area contributed by atoms with Crippen LogP contribution in [0.5, 0.6) is 0 Å². The summed E-state index contributed by atoms with van der Waals surface area (Å²) < 4.78 is 14.4. The number of anilines is 1. The maximum Gasteiger partial charge on any atom is 0.244 e. The molecule has 1 heterocycles. The maximum absolute atomic E-state index is 12.9. The Hall–Kier alpha value is -2.74. The Labute approximate surface area is 151 Å². The van der Waals surface area contributed by atoms with Crippen LogP contribution in [-0.4, -0.2) is 51.8 Å². The van der Waals surface area contributed by atoms with Crippen molar-refractivity contribution < 1.29 is 19.1 Å². The average Bonchev–Trinajstić information content (AvgIpc) is 3.03. The van der Waals surface area contributed by atoms with Gasteiger partial charge in [0, 0.05) is 25.7 Å². The monoisotopic (exact) mass is 362 g/mol. The molecule has 0 radical (unpaired) electrons. The molecule has 2 amide bonds. The van der Waals surface area contributed by atoms with Crippen LogP contribution in [0.4, 0.5) is 10.1 Å². The molecule has 0 bridgehead atoms. The molecule has 0 spiro atoms. The van der Waals surface area contributed by atoms with Gasteiger partial charge in [0.15, 0.2) is 0 Å². The first kappa shape index (κ1) is 19.6. The van der Waals surface area contributed by atoms with E-state index in [0.717, 1.165) is 5.56 Å². The SMILES string of the molecule is CC(Cc1ccc(F)cc1)C(=O)Nc1cnn(CC(=O)N(C)CCO)c1. The smallest absolute Gasteiger partial charge is 0.244 e. The Kier molecular flexibility index (Phi) is 6.85. The van der Waals surface area contributed by atoms with Crippen molar-refractivity contribution in [2.75, 3.05) is 25.5 Å². The first-order valence-electron chi connectivity index (χ1n) is 8.31. The minimum absolute atomic E-state index is 0.0253. The number of aliphatic hydroxyl groups is 1. The third-order valence-electron chi connectivity index (χ3n) is 3.96. The molecule has 2 aromatic rings. The van der Waals surface area contributed by atoms with Crippen LogP contribution in [0.15, 0.2) is 36.7 Å². The van der Waals surface area contributed by atoms with Crippen molar-refractivity contribution in [2.45, 2.75) is 19.9 Å². The summed E-state index contributed by atoms with van der Waals surface area (Å²) in [6, 6.07) is 6.06. The Morgan fingerprint density at radius 2 is 2.04 bits per heavy atom. The van der Waals surface area contributed by atoms with E-state index in [-0.39, 0.29) is 43.2 Å². The van der Waals surface area contributed by atoms with Crippen LogP contribution < -0.4 is 5.32 Å². The van der Waals surface area contributed by atoms with Gasteiger partial charge in [0.05, 0.1) is 18.5 Å². The van der Waals surface area contributed by atoms with Crippen LogP contribution >= 0.6 is 0 Å².